The average Bonchev–Trinajstić information content (AvgIpc) is 3.44. The lowest BCUT2D eigenvalue weighted by Crippen LogP contribution is -2.45. The van der Waals surface area contributed by atoms with Crippen LogP contribution in [0.15, 0.2) is 36.5 Å². The summed E-state index contributed by atoms with van der Waals surface area (Å²) in [7, 11) is 0. The van der Waals surface area contributed by atoms with Crippen molar-refractivity contribution in [2.45, 2.75) is 398 Å². The first-order chi connectivity index (χ1) is 38.5. The molecule has 6 nitrogen and oxygen atoms in total. The Hall–Kier alpha value is -1.92. The standard InChI is InChI=1S/C72H137NO5/c1-3-5-7-9-11-13-15-17-19-20-34-37-40-44-48-52-56-60-64-70(75)69(68-74)73-71(76)65-61-57-53-49-45-41-38-35-32-30-28-26-24-22-21-23-25-27-29-31-33-36-39-43-47-51-55-59-63-67-78-72(77)66-62-58-54-50-46-42-18-16-14-12-10-8-6-4-2/h10,12,16,18,21,23,69-70,74-75H,3-9,11,13-15,17,19-20,22,24-68H2,1-2H3,(H,73,76)/b12-10-,18-16-,23-21-. The van der Waals surface area contributed by atoms with Crippen LogP contribution in [0.1, 0.15) is 386 Å². The summed E-state index contributed by atoms with van der Waals surface area (Å²) in [4.78, 5) is 24.6. The van der Waals surface area contributed by atoms with Gasteiger partial charge in [-0.15, -0.1) is 0 Å². The molecule has 0 spiro atoms. The Morgan fingerprint density at radius 2 is 0.654 bits per heavy atom. The zero-order valence-electron chi connectivity index (χ0n) is 52.7. The summed E-state index contributed by atoms with van der Waals surface area (Å²) < 4.78 is 5.48. The number of aliphatic hydroxyl groups is 2. The molecule has 0 aromatic heterocycles. The summed E-state index contributed by atoms with van der Waals surface area (Å²) in [6.07, 6.45) is 86.2. The molecule has 1 amide bonds. The summed E-state index contributed by atoms with van der Waals surface area (Å²) in [5.41, 5.74) is 0. The minimum Gasteiger partial charge on any atom is -0.466 e. The second kappa shape index (κ2) is 67.6. The van der Waals surface area contributed by atoms with Gasteiger partial charge in [-0.1, -0.05) is 333 Å². The number of amides is 1. The van der Waals surface area contributed by atoms with Crippen LogP contribution in [0.25, 0.3) is 0 Å². The van der Waals surface area contributed by atoms with Gasteiger partial charge in [-0.25, -0.2) is 0 Å². The van der Waals surface area contributed by atoms with E-state index < -0.39 is 12.1 Å². The maximum atomic E-state index is 12.5. The molecule has 0 aromatic rings. The van der Waals surface area contributed by atoms with E-state index in [1.165, 1.54) is 302 Å². The van der Waals surface area contributed by atoms with Crippen LogP contribution < -0.4 is 5.32 Å². The molecule has 0 aliphatic carbocycles. The van der Waals surface area contributed by atoms with Gasteiger partial charge in [0, 0.05) is 12.8 Å². The normalized spacial score (nSPS) is 12.7. The van der Waals surface area contributed by atoms with E-state index in [2.05, 4.69) is 55.6 Å². The Morgan fingerprint density at radius 3 is 1.03 bits per heavy atom. The summed E-state index contributed by atoms with van der Waals surface area (Å²) in [5, 5.41) is 23.4. The van der Waals surface area contributed by atoms with E-state index >= 15 is 0 Å². The second-order valence-corrected chi connectivity index (χ2v) is 24.2. The van der Waals surface area contributed by atoms with Gasteiger partial charge in [0.25, 0.3) is 0 Å². The smallest absolute Gasteiger partial charge is 0.305 e. The third-order valence-corrected chi connectivity index (χ3v) is 16.4. The highest BCUT2D eigenvalue weighted by Crippen LogP contribution is 2.19. The number of unbranched alkanes of at least 4 members (excludes halogenated alkanes) is 49. The molecule has 0 saturated heterocycles. The van der Waals surface area contributed by atoms with Gasteiger partial charge < -0.3 is 20.3 Å². The molecule has 0 radical (unpaired) electrons. The lowest BCUT2D eigenvalue weighted by molar-refractivity contribution is -0.143. The van der Waals surface area contributed by atoms with Crippen molar-refractivity contribution < 1.29 is 24.5 Å². The van der Waals surface area contributed by atoms with Gasteiger partial charge in [-0.05, 0) is 77.0 Å². The molecule has 460 valence electrons. The van der Waals surface area contributed by atoms with Crippen molar-refractivity contribution in [1.29, 1.82) is 0 Å². The monoisotopic (exact) mass is 1100 g/mol. The number of hydrogen-bond donors (Lipinski definition) is 3. The van der Waals surface area contributed by atoms with Gasteiger partial charge in [0.1, 0.15) is 0 Å². The molecule has 0 fully saturated rings. The van der Waals surface area contributed by atoms with Gasteiger partial charge in [0.15, 0.2) is 0 Å². The lowest BCUT2D eigenvalue weighted by Gasteiger charge is -2.22. The van der Waals surface area contributed by atoms with Crippen LogP contribution in [-0.2, 0) is 14.3 Å². The minimum absolute atomic E-state index is 0.00219. The summed E-state index contributed by atoms with van der Waals surface area (Å²) in [6.45, 7) is 4.94. The van der Waals surface area contributed by atoms with Gasteiger partial charge in [-0.2, -0.15) is 0 Å². The molecule has 6 heteroatoms. The molecule has 0 aromatic carbocycles. The highest BCUT2D eigenvalue weighted by Gasteiger charge is 2.20. The maximum Gasteiger partial charge on any atom is 0.305 e. The van der Waals surface area contributed by atoms with E-state index in [1.54, 1.807) is 0 Å². The maximum absolute atomic E-state index is 12.5. The number of aliphatic hydroxyl groups excluding tert-OH is 2. The SMILES string of the molecule is CCCC/C=C\C/C=C\CCCCCCCC(=O)OCCCCCCCCCCCCCC/C=C\CCCCCCCCCCCCCCCC(=O)NC(CO)C(O)CCCCCCCCCCCCCCCCCCCC. The van der Waals surface area contributed by atoms with E-state index in [4.69, 9.17) is 4.74 Å². The molecule has 3 N–H and O–H groups in total. The number of ether oxygens (including phenoxy) is 1. The molecule has 0 bridgehead atoms. The molecule has 2 atom stereocenters. The van der Waals surface area contributed by atoms with E-state index in [0.29, 0.717) is 25.9 Å². The first-order valence-electron chi connectivity index (χ1n) is 35.2. The second-order valence-electron chi connectivity index (χ2n) is 24.2. The van der Waals surface area contributed by atoms with Crippen molar-refractivity contribution in [2.24, 2.45) is 0 Å². The topological polar surface area (TPSA) is 95.9 Å². The van der Waals surface area contributed by atoms with E-state index in [0.717, 1.165) is 51.4 Å². The van der Waals surface area contributed by atoms with Crippen LogP contribution in [-0.4, -0.2) is 47.4 Å². The van der Waals surface area contributed by atoms with Crippen molar-refractivity contribution in [1.82, 2.24) is 5.32 Å². The van der Waals surface area contributed by atoms with Gasteiger partial charge in [0.05, 0.1) is 25.4 Å². The molecule has 0 heterocycles. The predicted octanol–water partition coefficient (Wildman–Crippen LogP) is 22.7. The van der Waals surface area contributed by atoms with Crippen molar-refractivity contribution in [3.8, 4) is 0 Å². The highest BCUT2D eigenvalue weighted by atomic mass is 16.5. The van der Waals surface area contributed by atoms with E-state index in [9.17, 15) is 19.8 Å². The number of carbonyl (C=O) groups is 2. The van der Waals surface area contributed by atoms with Crippen LogP contribution in [0, 0.1) is 0 Å². The Labute approximate surface area is 487 Å². The lowest BCUT2D eigenvalue weighted by atomic mass is 10.0. The number of rotatable bonds is 66. The number of esters is 1. The Morgan fingerprint density at radius 1 is 0.359 bits per heavy atom. The van der Waals surface area contributed by atoms with E-state index in [-0.39, 0.29) is 18.5 Å². The van der Waals surface area contributed by atoms with Crippen LogP contribution >= 0.6 is 0 Å². The molecule has 0 rings (SSSR count). The predicted molar refractivity (Wildman–Crippen MR) is 343 cm³/mol. The summed E-state index contributed by atoms with van der Waals surface area (Å²) >= 11 is 0. The zero-order valence-corrected chi connectivity index (χ0v) is 52.7. The van der Waals surface area contributed by atoms with Crippen molar-refractivity contribution in [3.05, 3.63) is 36.5 Å². The fourth-order valence-corrected chi connectivity index (χ4v) is 11.0. The molecule has 78 heavy (non-hydrogen) atoms. The first kappa shape index (κ1) is 76.1. The third kappa shape index (κ3) is 63.3. The largest absolute Gasteiger partial charge is 0.466 e. The van der Waals surface area contributed by atoms with Crippen molar-refractivity contribution in [2.75, 3.05) is 13.2 Å². The Bertz CT molecular complexity index is 1260. The Kier molecular flexibility index (Phi) is 65.9. The summed E-state index contributed by atoms with van der Waals surface area (Å²) in [5.74, 6) is -0.0286. The van der Waals surface area contributed by atoms with Gasteiger partial charge in [0.2, 0.25) is 5.91 Å². The fraction of sp³-hybridized carbons (Fsp3) is 0.889. The number of allylic oxidation sites excluding steroid dienone is 6. The van der Waals surface area contributed by atoms with Gasteiger partial charge >= 0.3 is 5.97 Å². The van der Waals surface area contributed by atoms with E-state index in [1.807, 2.05) is 0 Å². The Balaban J connectivity index is 3.38. The molecule has 0 aliphatic heterocycles. The van der Waals surface area contributed by atoms with Gasteiger partial charge in [-0.3, -0.25) is 9.59 Å². The van der Waals surface area contributed by atoms with Crippen LogP contribution in [0.5, 0.6) is 0 Å². The van der Waals surface area contributed by atoms with Crippen molar-refractivity contribution in [3.63, 3.8) is 0 Å². The quantitative estimate of drug-likeness (QED) is 0.0320. The van der Waals surface area contributed by atoms with Crippen LogP contribution in [0.2, 0.25) is 0 Å². The average molecular weight is 1100 g/mol. The van der Waals surface area contributed by atoms with Crippen LogP contribution in [0.3, 0.4) is 0 Å². The zero-order chi connectivity index (χ0) is 56.4. The molecule has 0 aliphatic rings. The highest BCUT2D eigenvalue weighted by molar-refractivity contribution is 5.76. The summed E-state index contributed by atoms with van der Waals surface area (Å²) in [6, 6.07) is -0.541. The fourth-order valence-electron chi connectivity index (χ4n) is 11.0. The third-order valence-electron chi connectivity index (χ3n) is 16.4. The molecular weight excluding hydrogens is 959 g/mol. The number of hydrogen-bond acceptors (Lipinski definition) is 5. The van der Waals surface area contributed by atoms with Crippen LogP contribution in [0.4, 0.5) is 0 Å². The van der Waals surface area contributed by atoms with Crippen molar-refractivity contribution >= 4 is 11.9 Å². The first-order valence-corrected chi connectivity index (χ1v) is 35.2. The molecule has 2 unspecified atom stereocenters. The number of nitrogens with one attached hydrogen (secondary N) is 1. The minimum atomic E-state index is -0.664. The number of carbonyl (C=O) groups excluding carboxylic acids is 2. The molecular formula is C72H137NO5. The molecule has 0 saturated carbocycles.